The fourth-order valence-electron chi connectivity index (χ4n) is 5.13. The molecule has 2 aromatic heterocycles. The number of halogens is 1. The summed E-state index contributed by atoms with van der Waals surface area (Å²) in [6.07, 6.45) is 1.12. The topological polar surface area (TPSA) is 126 Å². The summed E-state index contributed by atoms with van der Waals surface area (Å²) in [5.41, 5.74) is 2.48. The Kier molecular flexibility index (Phi) is 7.50. The second kappa shape index (κ2) is 11.5. The molecule has 0 radical (unpaired) electrons. The van der Waals surface area contributed by atoms with Crippen molar-refractivity contribution < 1.29 is 23.8 Å². The third-order valence-corrected chi connectivity index (χ3v) is 7.50. The molecule has 0 aliphatic carbocycles. The normalized spacial score (nSPS) is 17.0. The minimum Gasteiger partial charge on any atom is -0.478 e. The zero-order valence-corrected chi connectivity index (χ0v) is 22.3. The maximum absolute atomic E-state index is 14.1. The molecule has 6 rings (SSSR count). The van der Waals surface area contributed by atoms with Crippen LogP contribution in [0, 0.1) is 23.1 Å². The van der Waals surface area contributed by atoms with Gasteiger partial charge in [-0.2, -0.15) is 10.2 Å². The SMILES string of the molecule is N#Cc1ccc(COc2cccc(NCC3CN(Cc4nc5ccc(C(=O)O)cc5n4CC4CCO4)C3)n2)c(F)c1. The Morgan fingerprint density at radius 1 is 1.20 bits per heavy atom. The zero-order valence-electron chi connectivity index (χ0n) is 22.3. The number of benzene rings is 2. The van der Waals surface area contributed by atoms with Crippen molar-refractivity contribution in [3.63, 3.8) is 0 Å². The van der Waals surface area contributed by atoms with Crippen molar-refractivity contribution in [1.82, 2.24) is 19.4 Å². The van der Waals surface area contributed by atoms with E-state index in [4.69, 9.17) is 19.7 Å². The molecule has 0 amide bonds. The van der Waals surface area contributed by atoms with Gasteiger partial charge in [-0.25, -0.2) is 14.2 Å². The highest BCUT2D eigenvalue weighted by molar-refractivity contribution is 5.92. The van der Waals surface area contributed by atoms with E-state index in [-0.39, 0.29) is 23.8 Å². The summed E-state index contributed by atoms with van der Waals surface area (Å²) < 4.78 is 27.6. The summed E-state index contributed by atoms with van der Waals surface area (Å²) in [6, 6.07) is 16.7. The van der Waals surface area contributed by atoms with Crippen LogP contribution in [0.1, 0.15) is 33.7 Å². The molecule has 2 aliphatic heterocycles. The van der Waals surface area contributed by atoms with Gasteiger partial charge in [0.1, 0.15) is 24.1 Å². The monoisotopic (exact) mass is 556 g/mol. The number of carboxylic acid groups (broad SMARTS) is 1. The summed E-state index contributed by atoms with van der Waals surface area (Å²) in [5, 5.41) is 21.7. The molecule has 0 spiro atoms. The van der Waals surface area contributed by atoms with Gasteiger partial charge in [0.25, 0.3) is 0 Å². The predicted molar refractivity (Wildman–Crippen MR) is 148 cm³/mol. The Morgan fingerprint density at radius 3 is 2.78 bits per heavy atom. The van der Waals surface area contributed by atoms with Gasteiger partial charge >= 0.3 is 5.97 Å². The van der Waals surface area contributed by atoms with Crippen LogP contribution in [0.5, 0.6) is 5.88 Å². The molecule has 0 bridgehead atoms. The van der Waals surface area contributed by atoms with E-state index in [1.165, 1.54) is 6.07 Å². The molecule has 2 N–H and O–H groups in total. The van der Waals surface area contributed by atoms with Gasteiger partial charge < -0.3 is 24.5 Å². The molecule has 0 saturated carbocycles. The van der Waals surface area contributed by atoms with Crippen LogP contribution in [-0.4, -0.2) is 62.9 Å². The molecule has 1 unspecified atom stereocenters. The summed E-state index contributed by atoms with van der Waals surface area (Å²) in [5.74, 6) is 0.971. The van der Waals surface area contributed by atoms with Crippen LogP contribution in [0.2, 0.25) is 0 Å². The Hall–Kier alpha value is -4.53. The second-order valence-corrected chi connectivity index (χ2v) is 10.4. The number of hydrogen-bond acceptors (Lipinski definition) is 8. The maximum Gasteiger partial charge on any atom is 0.335 e. The first-order valence-electron chi connectivity index (χ1n) is 13.5. The average Bonchev–Trinajstić information content (AvgIpc) is 3.27. The van der Waals surface area contributed by atoms with Crippen LogP contribution in [0.15, 0.2) is 54.6 Å². The highest BCUT2D eigenvalue weighted by Gasteiger charge is 2.29. The number of nitriles is 1. The number of carbonyl (C=O) groups is 1. The number of anilines is 1. The molecule has 2 saturated heterocycles. The smallest absolute Gasteiger partial charge is 0.335 e. The first-order chi connectivity index (χ1) is 19.9. The Balaban J connectivity index is 1.03. The zero-order chi connectivity index (χ0) is 28.3. The molecule has 210 valence electrons. The van der Waals surface area contributed by atoms with Crippen LogP contribution in [-0.2, 0) is 24.4 Å². The van der Waals surface area contributed by atoms with Crippen molar-refractivity contribution in [2.75, 3.05) is 31.6 Å². The first kappa shape index (κ1) is 26.7. The minimum atomic E-state index is -0.953. The molecule has 4 heterocycles. The van der Waals surface area contributed by atoms with Crippen LogP contribution >= 0.6 is 0 Å². The van der Waals surface area contributed by atoms with Gasteiger partial charge in [-0.15, -0.1) is 0 Å². The number of imidazole rings is 1. The lowest BCUT2D eigenvalue weighted by Crippen LogP contribution is -2.49. The molecule has 4 aromatic rings. The van der Waals surface area contributed by atoms with Crippen LogP contribution in [0.25, 0.3) is 11.0 Å². The van der Waals surface area contributed by atoms with Crippen molar-refractivity contribution in [3.05, 3.63) is 82.9 Å². The Labute approximate surface area is 236 Å². The number of ether oxygens (including phenoxy) is 2. The van der Waals surface area contributed by atoms with Crippen molar-refractivity contribution in [1.29, 1.82) is 5.26 Å². The fourth-order valence-corrected chi connectivity index (χ4v) is 5.13. The standard InChI is InChI=1S/C30H29FN6O4/c31-24-10-19(12-32)4-5-22(24)18-41-29-3-1-2-27(35-29)33-13-20-14-36(15-20)17-28-34-25-7-6-21(30(38)39)11-26(25)37(28)16-23-8-9-40-23/h1-7,10-11,20,23H,8-9,13-18H2,(H,33,35)(H,38,39). The van der Waals surface area contributed by atoms with E-state index >= 15 is 0 Å². The largest absolute Gasteiger partial charge is 0.478 e. The number of nitrogens with zero attached hydrogens (tertiary/aromatic N) is 5. The van der Waals surface area contributed by atoms with Gasteiger partial charge in [0.05, 0.1) is 47.4 Å². The van der Waals surface area contributed by atoms with Gasteiger partial charge in [0.2, 0.25) is 5.88 Å². The van der Waals surface area contributed by atoms with E-state index in [0.29, 0.717) is 36.3 Å². The summed E-state index contributed by atoms with van der Waals surface area (Å²) in [6.45, 7) is 4.64. The number of rotatable bonds is 11. The number of fused-ring (bicyclic) bond motifs is 1. The van der Waals surface area contributed by atoms with Gasteiger partial charge in [-0.1, -0.05) is 12.1 Å². The molecule has 2 aromatic carbocycles. The van der Waals surface area contributed by atoms with Gasteiger partial charge in [0.15, 0.2) is 0 Å². The number of likely N-dealkylation sites (tertiary alicyclic amines) is 1. The Bertz CT molecular complexity index is 1620. The van der Waals surface area contributed by atoms with Crippen LogP contribution in [0.3, 0.4) is 0 Å². The average molecular weight is 557 g/mol. The molecule has 41 heavy (non-hydrogen) atoms. The second-order valence-electron chi connectivity index (χ2n) is 10.4. The van der Waals surface area contributed by atoms with Gasteiger partial charge in [-0.05, 0) is 42.8 Å². The molecule has 11 heteroatoms. The number of aromatic carboxylic acids is 1. The number of pyridine rings is 1. The van der Waals surface area contributed by atoms with E-state index < -0.39 is 11.8 Å². The summed E-state index contributed by atoms with van der Waals surface area (Å²) in [4.78, 5) is 23.1. The van der Waals surface area contributed by atoms with E-state index in [1.807, 2.05) is 18.2 Å². The quantitative estimate of drug-likeness (QED) is 0.281. The third-order valence-electron chi connectivity index (χ3n) is 7.50. The molecule has 10 nitrogen and oxygen atoms in total. The highest BCUT2D eigenvalue weighted by Crippen LogP contribution is 2.26. The molecular weight excluding hydrogens is 527 g/mol. The van der Waals surface area contributed by atoms with Crippen molar-refractivity contribution in [2.24, 2.45) is 5.92 Å². The van der Waals surface area contributed by atoms with E-state index in [9.17, 15) is 14.3 Å². The van der Waals surface area contributed by atoms with E-state index in [0.717, 1.165) is 49.5 Å². The first-order valence-corrected chi connectivity index (χ1v) is 13.5. The number of carboxylic acids is 1. The lowest BCUT2D eigenvalue weighted by atomic mass is 10.0. The number of aromatic nitrogens is 3. The van der Waals surface area contributed by atoms with Gasteiger partial charge in [0, 0.05) is 43.8 Å². The third kappa shape index (κ3) is 5.99. The molecule has 1 atom stereocenters. The Morgan fingerprint density at radius 2 is 2.05 bits per heavy atom. The van der Waals surface area contributed by atoms with Crippen molar-refractivity contribution in [3.8, 4) is 11.9 Å². The molecule has 2 fully saturated rings. The maximum atomic E-state index is 14.1. The number of hydrogen-bond donors (Lipinski definition) is 2. The van der Waals surface area contributed by atoms with E-state index in [2.05, 4.69) is 19.8 Å². The molecular formula is C30H29FN6O4. The minimum absolute atomic E-state index is 0.0147. The number of nitrogens with one attached hydrogen (secondary N) is 1. The lowest BCUT2D eigenvalue weighted by Gasteiger charge is -2.39. The van der Waals surface area contributed by atoms with Crippen molar-refractivity contribution >= 4 is 22.8 Å². The summed E-state index contributed by atoms with van der Waals surface area (Å²) in [7, 11) is 0. The van der Waals surface area contributed by atoms with E-state index in [1.54, 1.807) is 36.4 Å². The fraction of sp³-hybridized carbons (Fsp3) is 0.333. The van der Waals surface area contributed by atoms with Crippen LogP contribution < -0.4 is 10.1 Å². The van der Waals surface area contributed by atoms with Crippen LogP contribution in [0.4, 0.5) is 10.2 Å². The lowest BCUT2D eigenvalue weighted by molar-refractivity contribution is -0.0593. The highest BCUT2D eigenvalue weighted by atomic mass is 19.1. The van der Waals surface area contributed by atoms with Crippen molar-refractivity contribution in [2.45, 2.75) is 32.2 Å². The predicted octanol–water partition coefficient (Wildman–Crippen LogP) is 4.05. The van der Waals surface area contributed by atoms with Gasteiger partial charge in [-0.3, -0.25) is 4.90 Å². The summed E-state index contributed by atoms with van der Waals surface area (Å²) >= 11 is 0. The molecule has 2 aliphatic rings.